The van der Waals surface area contributed by atoms with Gasteiger partial charge in [0.05, 0.1) is 0 Å². The Morgan fingerprint density at radius 1 is 1.31 bits per heavy atom. The second-order valence-electron chi connectivity index (χ2n) is 3.44. The van der Waals surface area contributed by atoms with Crippen LogP contribution in [0.25, 0.3) is 0 Å². The summed E-state index contributed by atoms with van der Waals surface area (Å²) in [6, 6.07) is 9.92. The Morgan fingerprint density at radius 3 is 2.75 bits per heavy atom. The lowest BCUT2D eigenvalue weighted by Crippen LogP contribution is -2.30. The highest BCUT2D eigenvalue weighted by atomic mass is 16.1. The number of benzene rings is 1. The number of hydrogen-bond acceptors (Lipinski definition) is 3. The van der Waals surface area contributed by atoms with Gasteiger partial charge in [0.25, 0.3) is 0 Å². The molecule has 0 fully saturated rings. The van der Waals surface area contributed by atoms with Gasteiger partial charge < -0.3 is 16.4 Å². The van der Waals surface area contributed by atoms with Crippen LogP contribution in [0.4, 0.5) is 0 Å². The van der Waals surface area contributed by atoms with E-state index in [0.29, 0.717) is 19.6 Å². The molecule has 0 aliphatic heterocycles. The van der Waals surface area contributed by atoms with Crippen LogP contribution in [0.15, 0.2) is 30.3 Å². The molecule has 4 heteroatoms. The maximum absolute atomic E-state index is 11.2. The highest BCUT2D eigenvalue weighted by Gasteiger charge is 1.99. The predicted octanol–water partition coefficient (Wildman–Crippen LogP) is 0.403. The summed E-state index contributed by atoms with van der Waals surface area (Å²) in [7, 11) is 0. The van der Waals surface area contributed by atoms with E-state index in [0.717, 1.165) is 12.0 Å². The minimum atomic E-state index is -0.107. The fourth-order valence-electron chi connectivity index (χ4n) is 1.22. The molecular formula is C12H18N3O. The summed E-state index contributed by atoms with van der Waals surface area (Å²) in [6.45, 7) is 3.32. The van der Waals surface area contributed by atoms with Crippen molar-refractivity contribution >= 4 is 5.91 Å². The van der Waals surface area contributed by atoms with Crippen molar-refractivity contribution < 1.29 is 4.79 Å². The van der Waals surface area contributed by atoms with Gasteiger partial charge in [-0.25, -0.2) is 0 Å². The number of carbonyl (C=O) groups is 1. The normalized spacial score (nSPS) is 10.1. The van der Waals surface area contributed by atoms with Gasteiger partial charge in [0.1, 0.15) is 6.54 Å². The average molecular weight is 220 g/mol. The largest absolute Gasteiger partial charge is 0.355 e. The molecule has 87 valence electrons. The van der Waals surface area contributed by atoms with E-state index in [2.05, 4.69) is 10.6 Å². The third kappa shape index (κ3) is 5.48. The van der Waals surface area contributed by atoms with E-state index in [9.17, 15) is 4.79 Å². The molecular weight excluding hydrogens is 202 g/mol. The van der Waals surface area contributed by atoms with Crippen molar-refractivity contribution in [3.63, 3.8) is 0 Å². The second kappa shape index (κ2) is 7.84. The van der Waals surface area contributed by atoms with Gasteiger partial charge in [-0.05, 0) is 18.5 Å². The Kier molecular flexibility index (Phi) is 6.22. The number of nitrogens with one attached hydrogen (secondary N) is 2. The summed E-state index contributed by atoms with van der Waals surface area (Å²) in [5, 5.41) is 5.69. The molecule has 0 spiro atoms. The first kappa shape index (κ1) is 12.7. The number of hydrogen-bond donors (Lipinski definition) is 3. The zero-order chi connectivity index (χ0) is 11.6. The van der Waals surface area contributed by atoms with Gasteiger partial charge in [-0.2, -0.15) is 0 Å². The van der Waals surface area contributed by atoms with Crippen molar-refractivity contribution in [2.45, 2.75) is 13.0 Å². The summed E-state index contributed by atoms with van der Waals surface area (Å²) < 4.78 is 0. The van der Waals surface area contributed by atoms with Gasteiger partial charge >= 0.3 is 0 Å². The molecule has 1 amide bonds. The molecule has 1 aromatic rings. The molecule has 0 atom stereocenters. The van der Waals surface area contributed by atoms with E-state index in [1.54, 1.807) is 0 Å². The average Bonchev–Trinajstić information content (AvgIpc) is 2.31. The molecule has 1 rings (SSSR count). The lowest BCUT2D eigenvalue weighted by molar-refractivity contribution is -0.118. The standard InChI is InChI=1S/C12H18N3O/c13-7-4-8-15-12(16)10-14-9-11-5-2-1-3-6-11/h1-3,5-6,10,14H,4,7-9,13H2,(H,15,16). The van der Waals surface area contributed by atoms with Gasteiger partial charge in [0.2, 0.25) is 5.91 Å². The molecule has 4 N–H and O–H groups in total. The van der Waals surface area contributed by atoms with Crippen molar-refractivity contribution in [1.29, 1.82) is 0 Å². The van der Waals surface area contributed by atoms with Crippen LogP contribution < -0.4 is 16.4 Å². The smallest absolute Gasteiger partial charge is 0.239 e. The maximum Gasteiger partial charge on any atom is 0.239 e. The summed E-state index contributed by atoms with van der Waals surface area (Å²) in [6.07, 6.45) is 0.804. The Balaban J connectivity index is 2.09. The second-order valence-corrected chi connectivity index (χ2v) is 3.44. The van der Waals surface area contributed by atoms with Crippen LogP contribution in [0.2, 0.25) is 0 Å². The quantitative estimate of drug-likeness (QED) is 0.583. The predicted molar refractivity (Wildman–Crippen MR) is 64.3 cm³/mol. The third-order valence-electron chi connectivity index (χ3n) is 2.06. The number of amides is 1. The van der Waals surface area contributed by atoms with Crippen LogP contribution in [0, 0.1) is 6.54 Å². The first-order chi connectivity index (χ1) is 7.83. The Bertz CT molecular complexity index is 300. The van der Waals surface area contributed by atoms with Crippen LogP contribution >= 0.6 is 0 Å². The molecule has 4 nitrogen and oxygen atoms in total. The topological polar surface area (TPSA) is 67.1 Å². The van der Waals surface area contributed by atoms with Crippen molar-refractivity contribution in [1.82, 2.24) is 10.6 Å². The van der Waals surface area contributed by atoms with E-state index >= 15 is 0 Å². The molecule has 0 bridgehead atoms. The monoisotopic (exact) mass is 220 g/mol. The van der Waals surface area contributed by atoms with Crippen LogP contribution in [-0.2, 0) is 11.3 Å². The maximum atomic E-state index is 11.2. The SMILES string of the molecule is NCCCNC(=O)[CH]NCc1ccccc1. The minimum absolute atomic E-state index is 0.107. The van der Waals surface area contributed by atoms with Crippen LogP contribution in [-0.4, -0.2) is 19.0 Å². The van der Waals surface area contributed by atoms with Crippen molar-refractivity contribution in [3.05, 3.63) is 42.4 Å². The highest BCUT2D eigenvalue weighted by Crippen LogP contribution is 1.96. The van der Waals surface area contributed by atoms with Crippen molar-refractivity contribution in [2.75, 3.05) is 13.1 Å². The van der Waals surface area contributed by atoms with Gasteiger partial charge in [-0.3, -0.25) is 4.79 Å². The molecule has 0 aromatic heterocycles. The number of nitrogens with two attached hydrogens (primary N) is 1. The molecule has 0 aliphatic rings. The minimum Gasteiger partial charge on any atom is -0.355 e. The number of carbonyl (C=O) groups excluding carboxylic acids is 1. The van der Waals surface area contributed by atoms with Crippen molar-refractivity contribution in [3.8, 4) is 0 Å². The third-order valence-corrected chi connectivity index (χ3v) is 2.06. The molecule has 0 saturated heterocycles. The van der Waals surface area contributed by atoms with Crippen LogP contribution in [0.1, 0.15) is 12.0 Å². The zero-order valence-electron chi connectivity index (χ0n) is 9.28. The fraction of sp³-hybridized carbons (Fsp3) is 0.333. The molecule has 1 radical (unpaired) electrons. The first-order valence-corrected chi connectivity index (χ1v) is 5.41. The molecule has 1 aromatic carbocycles. The zero-order valence-corrected chi connectivity index (χ0v) is 9.28. The van der Waals surface area contributed by atoms with Gasteiger partial charge in [0.15, 0.2) is 0 Å². The van der Waals surface area contributed by atoms with Gasteiger partial charge in [0, 0.05) is 13.1 Å². The van der Waals surface area contributed by atoms with E-state index in [1.165, 1.54) is 6.54 Å². The van der Waals surface area contributed by atoms with Gasteiger partial charge in [-0.1, -0.05) is 30.3 Å². The fourth-order valence-corrected chi connectivity index (χ4v) is 1.22. The summed E-state index contributed by atoms with van der Waals surface area (Å²) in [4.78, 5) is 11.2. The van der Waals surface area contributed by atoms with Crippen LogP contribution in [0.3, 0.4) is 0 Å². The molecule has 0 aliphatic carbocycles. The lowest BCUT2D eigenvalue weighted by Gasteiger charge is -2.05. The molecule has 16 heavy (non-hydrogen) atoms. The molecule has 0 saturated carbocycles. The summed E-state index contributed by atoms with van der Waals surface area (Å²) in [5.74, 6) is -0.107. The van der Waals surface area contributed by atoms with E-state index in [-0.39, 0.29) is 5.91 Å². The van der Waals surface area contributed by atoms with E-state index in [4.69, 9.17) is 5.73 Å². The van der Waals surface area contributed by atoms with E-state index < -0.39 is 0 Å². The molecule has 0 heterocycles. The van der Waals surface area contributed by atoms with Crippen LogP contribution in [0.5, 0.6) is 0 Å². The Hall–Kier alpha value is -1.39. The lowest BCUT2D eigenvalue weighted by atomic mass is 10.2. The highest BCUT2D eigenvalue weighted by molar-refractivity contribution is 5.83. The van der Waals surface area contributed by atoms with Gasteiger partial charge in [-0.15, -0.1) is 0 Å². The Morgan fingerprint density at radius 2 is 2.06 bits per heavy atom. The number of rotatable bonds is 7. The van der Waals surface area contributed by atoms with Crippen molar-refractivity contribution in [2.24, 2.45) is 5.73 Å². The van der Waals surface area contributed by atoms with E-state index in [1.807, 2.05) is 30.3 Å². The summed E-state index contributed by atoms with van der Waals surface area (Å²) >= 11 is 0. The Labute approximate surface area is 96.2 Å². The first-order valence-electron chi connectivity index (χ1n) is 5.41. The molecule has 0 unspecified atom stereocenters. The summed E-state index contributed by atoms with van der Waals surface area (Å²) in [5.41, 5.74) is 6.46.